The van der Waals surface area contributed by atoms with Gasteiger partial charge in [-0.2, -0.15) is 0 Å². The molecule has 0 aromatic heterocycles. The maximum Gasteiger partial charge on any atom is 0.251 e. The summed E-state index contributed by atoms with van der Waals surface area (Å²) in [5.41, 5.74) is 0.470. The molecule has 1 aromatic rings. The van der Waals surface area contributed by atoms with Gasteiger partial charge in [0, 0.05) is 12.1 Å². The number of nitrogens with one attached hydrogen (secondary N) is 1. The smallest absolute Gasteiger partial charge is 0.251 e. The molecule has 0 saturated heterocycles. The van der Waals surface area contributed by atoms with Gasteiger partial charge in [0.25, 0.3) is 5.91 Å². The second-order valence-corrected chi connectivity index (χ2v) is 6.84. The lowest BCUT2D eigenvalue weighted by atomic mass is 10.1. The van der Waals surface area contributed by atoms with Gasteiger partial charge in [0.05, 0.1) is 18.7 Å². The van der Waals surface area contributed by atoms with E-state index in [1.165, 1.54) is 0 Å². The summed E-state index contributed by atoms with van der Waals surface area (Å²) in [6, 6.07) is 3.29. The highest BCUT2D eigenvalue weighted by Gasteiger charge is 2.16. The third kappa shape index (κ3) is 6.97. The van der Waals surface area contributed by atoms with E-state index < -0.39 is 0 Å². The monoisotopic (exact) mass is 356 g/mol. The van der Waals surface area contributed by atoms with Crippen LogP contribution in [0.4, 0.5) is 0 Å². The molecule has 1 amide bonds. The van der Waals surface area contributed by atoms with E-state index in [1.54, 1.807) is 19.2 Å². The Labute approximate surface area is 150 Å². The number of rotatable bonds is 10. The van der Waals surface area contributed by atoms with Gasteiger partial charge in [0.2, 0.25) is 0 Å². The standard InChI is InChI=1S/C18H29ClN2O3/c1-13(2)7-10-24-17-15(19)11-14(12-16(17)23-5)18(22)20-8-6-9-21(3)4/h11-13H,6-10H2,1-5H3,(H,20,22). The van der Waals surface area contributed by atoms with Gasteiger partial charge >= 0.3 is 0 Å². The first-order valence-corrected chi connectivity index (χ1v) is 8.66. The van der Waals surface area contributed by atoms with Gasteiger partial charge in [0.1, 0.15) is 0 Å². The van der Waals surface area contributed by atoms with E-state index in [9.17, 15) is 4.79 Å². The normalized spacial score (nSPS) is 11.0. The van der Waals surface area contributed by atoms with Gasteiger partial charge in [0.15, 0.2) is 11.5 Å². The summed E-state index contributed by atoms with van der Waals surface area (Å²) in [5, 5.41) is 3.28. The first-order chi connectivity index (χ1) is 11.3. The van der Waals surface area contributed by atoms with Gasteiger partial charge in [-0.05, 0) is 51.5 Å². The van der Waals surface area contributed by atoms with Crippen molar-refractivity contribution in [3.63, 3.8) is 0 Å². The van der Waals surface area contributed by atoms with Gasteiger partial charge in [-0.25, -0.2) is 0 Å². The second-order valence-electron chi connectivity index (χ2n) is 6.43. The average molecular weight is 357 g/mol. The van der Waals surface area contributed by atoms with Gasteiger partial charge in [-0.1, -0.05) is 25.4 Å². The molecule has 0 aliphatic heterocycles. The highest BCUT2D eigenvalue weighted by molar-refractivity contribution is 6.32. The van der Waals surface area contributed by atoms with Crippen LogP contribution in [0.15, 0.2) is 12.1 Å². The van der Waals surface area contributed by atoms with Crippen molar-refractivity contribution in [1.82, 2.24) is 10.2 Å². The Morgan fingerprint density at radius 2 is 2.04 bits per heavy atom. The number of carbonyl (C=O) groups is 1. The lowest BCUT2D eigenvalue weighted by molar-refractivity contribution is 0.0952. The molecule has 136 valence electrons. The molecule has 0 radical (unpaired) electrons. The molecule has 0 spiro atoms. The number of halogens is 1. The van der Waals surface area contributed by atoms with E-state index in [-0.39, 0.29) is 5.91 Å². The number of nitrogens with zero attached hydrogens (tertiary/aromatic N) is 1. The predicted molar refractivity (Wildman–Crippen MR) is 98.5 cm³/mol. The number of hydrogen-bond donors (Lipinski definition) is 1. The fraction of sp³-hybridized carbons (Fsp3) is 0.611. The Bertz CT molecular complexity index is 533. The minimum absolute atomic E-state index is 0.164. The van der Waals surface area contributed by atoms with E-state index in [0.717, 1.165) is 19.4 Å². The molecule has 1 aromatic carbocycles. The topological polar surface area (TPSA) is 50.8 Å². The molecule has 0 aliphatic carbocycles. The quantitative estimate of drug-likeness (QED) is 0.652. The van der Waals surface area contributed by atoms with Crippen LogP contribution in [0.5, 0.6) is 11.5 Å². The van der Waals surface area contributed by atoms with Crippen LogP contribution in [0.25, 0.3) is 0 Å². The molecule has 6 heteroatoms. The van der Waals surface area contributed by atoms with Crippen LogP contribution in [0, 0.1) is 5.92 Å². The van der Waals surface area contributed by atoms with Crippen molar-refractivity contribution in [2.75, 3.05) is 40.9 Å². The first kappa shape index (κ1) is 20.6. The number of amides is 1. The molecule has 0 saturated carbocycles. The van der Waals surface area contributed by atoms with Crippen molar-refractivity contribution < 1.29 is 14.3 Å². The highest BCUT2D eigenvalue weighted by atomic mass is 35.5. The minimum atomic E-state index is -0.164. The first-order valence-electron chi connectivity index (χ1n) is 8.28. The van der Waals surface area contributed by atoms with Crippen LogP contribution in [-0.2, 0) is 0 Å². The fourth-order valence-electron chi connectivity index (χ4n) is 2.09. The molecular weight excluding hydrogens is 328 g/mol. The van der Waals surface area contributed by atoms with Crippen LogP contribution in [0.2, 0.25) is 5.02 Å². The molecule has 0 aliphatic rings. The van der Waals surface area contributed by atoms with Crippen LogP contribution in [-0.4, -0.2) is 51.7 Å². The molecular formula is C18H29ClN2O3. The largest absolute Gasteiger partial charge is 0.493 e. The number of carbonyl (C=O) groups excluding carboxylic acids is 1. The summed E-state index contributed by atoms with van der Waals surface area (Å²) < 4.78 is 11.1. The van der Waals surface area contributed by atoms with E-state index in [2.05, 4.69) is 24.1 Å². The van der Waals surface area contributed by atoms with Crippen molar-refractivity contribution >= 4 is 17.5 Å². The highest BCUT2D eigenvalue weighted by Crippen LogP contribution is 2.36. The molecule has 24 heavy (non-hydrogen) atoms. The van der Waals surface area contributed by atoms with E-state index >= 15 is 0 Å². The molecule has 0 fully saturated rings. The average Bonchev–Trinajstić information content (AvgIpc) is 2.51. The van der Waals surface area contributed by atoms with Crippen molar-refractivity contribution in [2.24, 2.45) is 5.92 Å². The van der Waals surface area contributed by atoms with Crippen molar-refractivity contribution in [3.8, 4) is 11.5 Å². The maximum absolute atomic E-state index is 12.2. The summed E-state index contributed by atoms with van der Waals surface area (Å²) in [6.07, 6.45) is 1.81. The van der Waals surface area contributed by atoms with E-state index in [1.807, 2.05) is 14.1 Å². The second kappa shape index (κ2) is 10.4. The Balaban J connectivity index is 2.72. The Morgan fingerprint density at radius 1 is 1.33 bits per heavy atom. The third-order valence-electron chi connectivity index (χ3n) is 3.50. The minimum Gasteiger partial charge on any atom is -0.493 e. The number of hydrogen-bond acceptors (Lipinski definition) is 4. The number of ether oxygens (including phenoxy) is 2. The van der Waals surface area contributed by atoms with Crippen LogP contribution in [0.1, 0.15) is 37.0 Å². The number of methoxy groups -OCH3 is 1. The molecule has 0 bridgehead atoms. The maximum atomic E-state index is 12.2. The summed E-state index contributed by atoms with van der Waals surface area (Å²) in [4.78, 5) is 14.3. The fourth-order valence-corrected chi connectivity index (χ4v) is 2.35. The lowest BCUT2D eigenvalue weighted by Gasteiger charge is -2.15. The molecule has 0 unspecified atom stereocenters. The Kier molecular flexibility index (Phi) is 8.93. The Hall–Kier alpha value is -1.46. The van der Waals surface area contributed by atoms with Gasteiger partial charge < -0.3 is 19.7 Å². The van der Waals surface area contributed by atoms with Gasteiger partial charge in [-0.3, -0.25) is 4.79 Å². The van der Waals surface area contributed by atoms with E-state index in [0.29, 0.717) is 41.2 Å². The predicted octanol–water partition coefficient (Wildman–Crippen LogP) is 3.46. The Morgan fingerprint density at radius 3 is 2.62 bits per heavy atom. The van der Waals surface area contributed by atoms with E-state index in [4.69, 9.17) is 21.1 Å². The summed E-state index contributed by atoms with van der Waals surface area (Å²) in [7, 11) is 5.55. The van der Waals surface area contributed by atoms with Gasteiger partial charge in [-0.15, -0.1) is 0 Å². The summed E-state index contributed by atoms with van der Waals surface area (Å²) >= 11 is 6.28. The number of benzene rings is 1. The molecule has 5 nitrogen and oxygen atoms in total. The zero-order chi connectivity index (χ0) is 18.1. The molecule has 1 N–H and O–H groups in total. The van der Waals surface area contributed by atoms with Crippen LogP contribution in [0.3, 0.4) is 0 Å². The molecule has 0 atom stereocenters. The van der Waals surface area contributed by atoms with Crippen LogP contribution < -0.4 is 14.8 Å². The zero-order valence-corrected chi connectivity index (χ0v) is 16.1. The molecule has 1 rings (SSSR count). The summed E-state index contributed by atoms with van der Waals surface area (Å²) in [5.74, 6) is 1.35. The third-order valence-corrected chi connectivity index (χ3v) is 3.78. The van der Waals surface area contributed by atoms with Crippen LogP contribution >= 0.6 is 11.6 Å². The SMILES string of the molecule is COc1cc(C(=O)NCCCN(C)C)cc(Cl)c1OCCC(C)C. The van der Waals surface area contributed by atoms with Crippen molar-refractivity contribution in [2.45, 2.75) is 26.7 Å². The zero-order valence-electron chi connectivity index (χ0n) is 15.3. The van der Waals surface area contributed by atoms with Crippen molar-refractivity contribution in [1.29, 1.82) is 0 Å². The molecule has 0 heterocycles. The van der Waals surface area contributed by atoms with Crippen molar-refractivity contribution in [3.05, 3.63) is 22.7 Å². The lowest BCUT2D eigenvalue weighted by Crippen LogP contribution is -2.27. The summed E-state index contributed by atoms with van der Waals surface area (Å²) in [6.45, 7) is 6.36.